The van der Waals surface area contributed by atoms with E-state index < -0.39 is 0 Å². The Bertz CT molecular complexity index is 3590. The lowest BCUT2D eigenvalue weighted by atomic mass is 10.1. The predicted molar refractivity (Wildman–Crippen MR) is 328 cm³/mol. The van der Waals surface area contributed by atoms with Crippen molar-refractivity contribution in [2.45, 2.75) is 161 Å². The smallest absolute Gasteiger partial charge is 0.254 e. The van der Waals surface area contributed by atoms with Crippen LogP contribution in [0.15, 0.2) is 105 Å². The molecule has 0 saturated carbocycles. The highest BCUT2D eigenvalue weighted by Gasteiger charge is 2.25. The lowest BCUT2D eigenvalue weighted by Crippen LogP contribution is -2.28. The van der Waals surface area contributed by atoms with Crippen LogP contribution in [0.25, 0.3) is 32.7 Å². The zero-order chi connectivity index (χ0) is 59.1. The number of aromatic nitrogens is 6. The molecule has 0 saturated heterocycles. The van der Waals surface area contributed by atoms with Crippen LogP contribution in [0.3, 0.4) is 0 Å². The van der Waals surface area contributed by atoms with Gasteiger partial charge in [0.1, 0.15) is 0 Å². The standard InChI is InChI=1S/3C22H27N3O2/c3*1-6-15(4)25-16(5)20(17-9-7-8-10-19(17)25)22(27)23-12-18-13(2)11-14(3)24-21(18)26/h3*7-11,15H,6,12H2,1-5H3,(H,23,27)(H,24,26). The van der Waals surface area contributed by atoms with Gasteiger partial charge in [-0.1, -0.05) is 75.4 Å². The maximum atomic E-state index is 13.0. The summed E-state index contributed by atoms with van der Waals surface area (Å²) < 4.78 is 6.69. The second kappa shape index (κ2) is 25.8. The van der Waals surface area contributed by atoms with Crippen molar-refractivity contribution in [1.29, 1.82) is 0 Å². The van der Waals surface area contributed by atoms with Gasteiger partial charge in [0.15, 0.2) is 0 Å². The van der Waals surface area contributed by atoms with Gasteiger partial charge in [0.05, 0.1) is 16.7 Å². The summed E-state index contributed by atoms with van der Waals surface area (Å²) in [4.78, 5) is 84.1. The molecule has 6 heterocycles. The van der Waals surface area contributed by atoms with E-state index in [1.165, 1.54) is 0 Å². The number of carbonyl (C=O) groups is 3. The summed E-state index contributed by atoms with van der Waals surface area (Å²) in [6, 6.07) is 30.6. The van der Waals surface area contributed by atoms with Crippen LogP contribution in [0.4, 0.5) is 0 Å². The van der Waals surface area contributed by atoms with Gasteiger partial charge in [-0.25, -0.2) is 0 Å². The van der Waals surface area contributed by atoms with Crippen molar-refractivity contribution in [3.05, 3.63) is 206 Å². The lowest BCUT2D eigenvalue weighted by Gasteiger charge is -2.16. The number of nitrogens with one attached hydrogen (secondary N) is 6. The number of hydrogen-bond donors (Lipinski definition) is 6. The average Bonchev–Trinajstić information content (AvgIpc) is 4.14. The zero-order valence-electron chi connectivity index (χ0n) is 49.9. The van der Waals surface area contributed by atoms with Crippen molar-refractivity contribution in [1.82, 2.24) is 44.6 Å². The number of para-hydroxylation sites is 3. The van der Waals surface area contributed by atoms with Gasteiger partial charge in [0.2, 0.25) is 0 Å². The van der Waals surface area contributed by atoms with Crippen LogP contribution in [-0.2, 0) is 19.6 Å². The molecule has 0 fully saturated rings. The molecule has 15 nitrogen and oxygen atoms in total. The molecule has 0 aliphatic rings. The Morgan fingerprint density at radius 2 is 0.642 bits per heavy atom. The molecule has 3 unspecified atom stereocenters. The molecule has 9 rings (SSSR count). The minimum absolute atomic E-state index is 0.147. The summed E-state index contributed by atoms with van der Waals surface area (Å²) in [5.41, 5.74) is 14.6. The third-order valence-corrected chi connectivity index (χ3v) is 16.0. The Labute approximate surface area is 474 Å². The number of aromatic amines is 3. The van der Waals surface area contributed by atoms with Crippen LogP contribution < -0.4 is 32.6 Å². The van der Waals surface area contributed by atoms with Crippen LogP contribution in [0.1, 0.15) is 178 Å². The van der Waals surface area contributed by atoms with E-state index in [9.17, 15) is 28.8 Å². The fourth-order valence-corrected chi connectivity index (χ4v) is 11.4. The number of amides is 3. The maximum absolute atomic E-state index is 13.0. The molecule has 0 bridgehead atoms. The van der Waals surface area contributed by atoms with Crippen molar-refractivity contribution < 1.29 is 14.4 Å². The van der Waals surface area contributed by atoms with Crippen molar-refractivity contribution in [2.75, 3.05) is 0 Å². The fourth-order valence-electron chi connectivity index (χ4n) is 11.4. The first kappa shape index (κ1) is 60.2. The number of H-pyrrole nitrogens is 3. The minimum atomic E-state index is -0.148. The predicted octanol–water partition coefficient (Wildman–Crippen LogP) is 12.5. The van der Waals surface area contributed by atoms with Gasteiger partial charge in [-0.2, -0.15) is 0 Å². The molecule has 81 heavy (non-hydrogen) atoms. The van der Waals surface area contributed by atoms with E-state index in [0.29, 0.717) is 51.5 Å². The summed E-state index contributed by atoms with van der Waals surface area (Å²) in [6.45, 7) is 30.8. The van der Waals surface area contributed by atoms with Gasteiger partial charge in [-0.05, 0) is 155 Å². The summed E-state index contributed by atoms with van der Waals surface area (Å²) >= 11 is 0. The molecule has 0 aliphatic carbocycles. The molecule has 0 spiro atoms. The number of fused-ring (bicyclic) bond motifs is 3. The molecule has 426 valence electrons. The van der Waals surface area contributed by atoms with E-state index in [0.717, 1.165) is 103 Å². The molecule has 3 aromatic carbocycles. The van der Waals surface area contributed by atoms with E-state index in [-0.39, 0.29) is 54.0 Å². The Hall–Kier alpha value is -8.46. The monoisotopic (exact) mass is 1100 g/mol. The van der Waals surface area contributed by atoms with Crippen LogP contribution >= 0.6 is 0 Å². The highest BCUT2D eigenvalue weighted by atomic mass is 16.2. The molecule has 6 N–H and O–H groups in total. The van der Waals surface area contributed by atoms with Crippen molar-refractivity contribution in [3.63, 3.8) is 0 Å². The highest BCUT2D eigenvalue weighted by molar-refractivity contribution is 6.10. The van der Waals surface area contributed by atoms with E-state index in [2.05, 4.69) is 104 Å². The van der Waals surface area contributed by atoms with Gasteiger partial charge < -0.3 is 44.6 Å². The topological polar surface area (TPSA) is 201 Å². The van der Waals surface area contributed by atoms with Crippen LogP contribution in [-0.4, -0.2) is 46.4 Å². The summed E-state index contributed by atoms with van der Waals surface area (Å²) in [6.07, 6.45) is 2.95. The number of carbonyl (C=O) groups excluding carboxylic acids is 3. The zero-order valence-corrected chi connectivity index (χ0v) is 49.9. The summed E-state index contributed by atoms with van der Waals surface area (Å²) in [5.74, 6) is -0.444. The van der Waals surface area contributed by atoms with Crippen molar-refractivity contribution in [3.8, 4) is 0 Å². The third-order valence-electron chi connectivity index (χ3n) is 16.0. The average molecular weight is 1100 g/mol. The fraction of sp³-hybridized carbons (Fsp3) is 0.364. The maximum Gasteiger partial charge on any atom is 0.254 e. The van der Waals surface area contributed by atoms with E-state index in [1.807, 2.05) is 135 Å². The van der Waals surface area contributed by atoms with Gasteiger partial charge in [-0.3, -0.25) is 28.8 Å². The van der Waals surface area contributed by atoms with Gasteiger partial charge >= 0.3 is 0 Å². The SMILES string of the molecule is CCC(C)n1c(C)c(C(=O)NCc2c(C)cc(C)[nH]c2=O)c2ccccc21.CCC(C)n1c(C)c(C(=O)NCc2c(C)cc(C)[nH]c2=O)c2ccccc21.CCC(C)n1c(C)c(C(=O)NCc2c(C)cc(C)[nH]c2=O)c2ccccc21. The first-order chi connectivity index (χ1) is 38.5. The first-order valence-corrected chi connectivity index (χ1v) is 28.3. The number of nitrogens with zero attached hydrogens (tertiary/aromatic N) is 3. The number of hydrogen-bond acceptors (Lipinski definition) is 6. The molecule has 0 aliphatic heterocycles. The minimum Gasteiger partial charge on any atom is -0.348 e. The molecule has 9 aromatic rings. The lowest BCUT2D eigenvalue weighted by molar-refractivity contribution is 0.0943. The Balaban J connectivity index is 0.000000175. The number of pyridine rings is 3. The van der Waals surface area contributed by atoms with Gasteiger partial charge in [0, 0.05) is 121 Å². The van der Waals surface area contributed by atoms with E-state index >= 15 is 0 Å². The summed E-state index contributed by atoms with van der Waals surface area (Å²) in [5, 5.41) is 11.7. The molecule has 3 amide bonds. The second-order valence-electron chi connectivity index (χ2n) is 21.7. The van der Waals surface area contributed by atoms with Gasteiger partial charge in [0.25, 0.3) is 34.4 Å². The number of rotatable bonds is 15. The Morgan fingerprint density at radius 1 is 0.407 bits per heavy atom. The molecule has 15 heteroatoms. The highest BCUT2D eigenvalue weighted by Crippen LogP contribution is 2.33. The van der Waals surface area contributed by atoms with Crippen molar-refractivity contribution in [2.24, 2.45) is 0 Å². The Morgan fingerprint density at radius 3 is 0.864 bits per heavy atom. The third kappa shape index (κ3) is 12.6. The number of benzene rings is 3. The van der Waals surface area contributed by atoms with Crippen LogP contribution in [0, 0.1) is 62.3 Å². The molecule has 6 aromatic heterocycles. The van der Waals surface area contributed by atoms with E-state index in [1.54, 1.807) is 0 Å². The quantitative estimate of drug-likeness (QED) is 0.0590. The van der Waals surface area contributed by atoms with E-state index in [4.69, 9.17) is 0 Å². The van der Waals surface area contributed by atoms with Crippen LogP contribution in [0.5, 0.6) is 0 Å². The molecule has 0 radical (unpaired) electrons. The first-order valence-electron chi connectivity index (χ1n) is 28.3. The Kier molecular flexibility index (Phi) is 19.1. The molecular formula is C66H81N9O6. The molecule has 3 atom stereocenters. The van der Waals surface area contributed by atoms with Crippen molar-refractivity contribution >= 4 is 50.4 Å². The summed E-state index contributed by atoms with van der Waals surface area (Å²) in [7, 11) is 0. The largest absolute Gasteiger partial charge is 0.348 e. The van der Waals surface area contributed by atoms with Gasteiger partial charge in [-0.15, -0.1) is 0 Å². The molecular weight excluding hydrogens is 1010 g/mol. The normalized spacial score (nSPS) is 12.3. The number of aryl methyl sites for hydroxylation is 6. The second-order valence-corrected chi connectivity index (χ2v) is 21.7. The van der Waals surface area contributed by atoms with Crippen LogP contribution in [0.2, 0.25) is 0 Å².